The first-order chi connectivity index (χ1) is 18.5. The molecule has 1 fully saturated rings. The van der Waals surface area contributed by atoms with Gasteiger partial charge in [-0.25, -0.2) is 0 Å². The van der Waals surface area contributed by atoms with Crippen LogP contribution in [0.4, 0.5) is 0 Å². The van der Waals surface area contributed by atoms with Crippen molar-refractivity contribution in [2.24, 2.45) is 11.8 Å². The van der Waals surface area contributed by atoms with E-state index < -0.39 is 42.7 Å². The summed E-state index contributed by atoms with van der Waals surface area (Å²) in [5.41, 5.74) is 18.1. The second-order valence-corrected chi connectivity index (χ2v) is 38.9. The predicted molar refractivity (Wildman–Crippen MR) is 173 cm³/mol. The van der Waals surface area contributed by atoms with E-state index in [9.17, 15) is 0 Å². The van der Waals surface area contributed by atoms with Gasteiger partial charge >= 0.3 is 264 Å². The number of hydrogen-bond donors (Lipinski definition) is 0. The summed E-state index contributed by atoms with van der Waals surface area (Å²) in [5, 5.41) is 0. The summed E-state index contributed by atoms with van der Waals surface area (Å²) >= 11 is -3.00. The summed E-state index contributed by atoms with van der Waals surface area (Å²) in [4.78, 5) is 0. The Balaban J connectivity index is 1.34. The summed E-state index contributed by atoms with van der Waals surface area (Å²) in [7, 11) is 2.75. The van der Waals surface area contributed by atoms with Crippen molar-refractivity contribution in [1.82, 2.24) is 0 Å². The Morgan fingerprint density at radius 3 is 2.05 bits per heavy atom. The first kappa shape index (κ1) is 30.6. The van der Waals surface area contributed by atoms with Gasteiger partial charge in [0.2, 0.25) is 0 Å². The molecule has 5 rings (SSSR count). The van der Waals surface area contributed by atoms with Crippen molar-refractivity contribution in [3.8, 4) is 0 Å². The molecule has 0 nitrogen and oxygen atoms in total. The second-order valence-electron chi connectivity index (χ2n) is 13.5. The molecule has 4 atom stereocenters. The molecule has 0 aromatic heterocycles. The molecule has 39 heavy (non-hydrogen) atoms. The van der Waals surface area contributed by atoms with E-state index in [2.05, 4.69) is 76.9 Å². The predicted octanol–water partition coefficient (Wildman–Crippen LogP) is 8.43. The minimum atomic E-state index is -2.47. The molecule has 4 heteroatoms. The first-order valence-electron chi connectivity index (χ1n) is 15.8. The molecule has 0 amide bonds. The van der Waals surface area contributed by atoms with Crippen LogP contribution >= 0.6 is 0 Å². The van der Waals surface area contributed by atoms with Crippen LogP contribution in [0.3, 0.4) is 0 Å². The molecule has 0 aromatic carbocycles. The molecule has 1 saturated carbocycles. The third kappa shape index (κ3) is 5.17. The van der Waals surface area contributed by atoms with Crippen LogP contribution in [0.1, 0.15) is 93.9 Å². The Bertz CT molecular complexity index is 1340. The summed E-state index contributed by atoms with van der Waals surface area (Å²) in [6, 6.07) is 0. The standard InChI is InChI=1S/C18H25Si.C9H13.C5H5.C3H6.H3Si.2Zr/c1-10-11(2)13(4)17(12(10)3)18-15-8-6-5-7-14(15)9-16(18)19;1-6-5-7(2)9(4)8(6)3;1-2-4-5-3-1;1-3-2;;;/h12,16H,5-8H2,1-4,19H3;6H,1-4H3;1-3H,4H2;1-3H2;1H3;;. The fourth-order valence-corrected chi connectivity index (χ4v) is 38.5. The maximum absolute atomic E-state index is 2.58. The first-order valence-corrected chi connectivity index (χ1v) is 32.5. The quantitative estimate of drug-likeness (QED) is 0.175. The Morgan fingerprint density at radius 1 is 0.846 bits per heavy atom. The molecule has 0 bridgehead atoms. The zero-order valence-electron chi connectivity index (χ0n) is 26.6. The van der Waals surface area contributed by atoms with Crippen LogP contribution in [0.5, 0.6) is 0 Å². The Kier molecular flexibility index (Phi) is 9.42. The summed E-state index contributed by atoms with van der Waals surface area (Å²) in [6.07, 6.45) is 15.8. The Hall–Kier alpha value is 0.120. The molecule has 0 aromatic rings. The number of hydrogen-bond acceptors (Lipinski definition) is 0. The van der Waals surface area contributed by atoms with E-state index in [-0.39, 0.29) is 0 Å². The van der Waals surface area contributed by atoms with Crippen LogP contribution in [-0.2, 0) is 42.7 Å². The van der Waals surface area contributed by atoms with E-state index in [0.717, 1.165) is 5.54 Å². The van der Waals surface area contributed by atoms with Crippen LogP contribution in [0.15, 0.2) is 83.8 Å². The van der Waals surface area contributed by atoms with Gasteiger partial charge in [-0.15, -0.1) is 0 Å². The van der Waals surface area contributed by atoms with E-state index in [1.165, 1.54) is 56.1 Å². The van der Waals surface area contributed by atoms with Crippen molar-refractivity contribution >= 4 is 17.6 Å². The van der Waals surface area contributed by atoms with Crippen LogP contribution in [0.25, 0.3) is 0 Å². The molecule has 4 unspecified atom stereocenters. The van der Waals surface area contributed by atoms with Gasteiger partial charge in [0.15, 0.2) is 0 Å². The molecule has 0 saturated heterocycles. The van der Waals surface area contributed by atoms with E-state index >= 15 is 0 Å². The van der Waals surface area contributed by atoms with Gasteiger partial charge in [-0.2, -0.15) is 0 Å². The van der Waals surface area contributed by atoms with Gasteiger partial charge in [0, 0.05) is 0 Å². The molecular formula is C35H52Si2Zr2. The van der Waals surface area contributed by atoms with Crippen molar-refractivity contribution in [1.29, 1.82) is 0 Å². The van der Waals surface area contributed by atoms with Crippen LogP contribution < -0.4 is 0 Å². The van der Waals surface area contributed by atoms with E-state index in [1.807, 2.05) is 23.3 Å². The van der Waals surface area contributed by atoms with Crippen molar-refractivity contribution in [2.45, 2.75) is 108 Å². The molecule has 0 heterocycles. The summed E-state index contributed by atoms with van der Waals surface area (Å²) < 4.78 is 9.18. The van der Waals surface area contributed by atoms with Gasteiger partial charge in [0.1, 0.15) is 0 Å². The fraction of sp³-hybridized carbons (Fsp3) is 0.543. The molecule has 0 N–H and O–H groups in total. The maximum atomic E-state index is 2.58. The number of allylic oxidation sites excluding steroid dienone is 16. The van der Waals surface area contributed by atoms with E-state index in [0.29, 0.717) is 11.8 Å². The monoisotopic (exact) mass is 708 g/mol. The number of fused-ring (bicyclic) bond motifs is 1. The van der Waals surface area contributed by atoms with Crippen molar-refractivity contribution < 1.29 is 42.7 Å². The third-order valence-corrected chi connectivity index (χ3v) is 41.2. The summed E-state index contributed by atoms with van der Waals surface area (Å²) in [5.74, 6) is 1.35. The van der Waals surface area contributed by atoms with Gasteiger partial charge in [-0.05, 0) is 0 Å². The summed E-state index contributed by atoms with van der Waals surface area (Å²) in [6.45, 7) is 19.6. The van der Waals surface area contributed by atoms with Gasteiger partial charge in [-0.1, -0.05) is 0 Å². The van der Waals surface area contributed by atoms with Crippen LogP contribution in [0, 0.1) is 11.8 Å². The van der Waals surface area contributed by atoms with Gasteiger partial charge in [0.05, 0.1) is 0 Å². The van der Waals surface area contributed by atoms with Crippen LogP contribution in [-0.4, -0.2) is 17.6 Å². The van der Waals surface area contributed by atoms with E-state index in [1.54, 1.807) is 47.3 Å². The normalized spacial score (nSPS) is 29.1. The molecule has 0 aliphatic heterocycles. The molecular weight excluding hydrogens is 659 g/mol. The SMILES string of the molecule is CC1=C(C)C(C)C(C2=C3CCCCC3=[C]([Zr][CH2]C[CH2][Zr]([SiH3])([C]3=CC=CC3)[C]3=C(C)C(C)=C(C)C3C)C2[SiH3])=C1C. The van der Waals surface area contributed by atoms with Gasteiger partial charge in [0.25, 0.3) is 0 Å². The Morgan fingerprint density at radius 2 is 1.49 bits per heavy atom. The minimum absolute atomic E-state index is 0.526. The molecule has 5 aliphatic carbocycles. The Labute approximate surface area is 261 Å². The zero-order valence-corrected chi connectivity index (χ0v) is 35.5. The van der Waals surface area contributed by atoms with Gasteiger partial charge in [-0.3, -0.25) is 0 Å². The van der Waals surface area contributed by atoms with Crippen LogP contribution in [0.2, 0.25) is 13.8 Å². The van der Waals surface area contributed by atoms with Gasteiger partial charge < -0.3 is 0 Å². The molecule has 208 valence electrons. The fourth-order valence-electron chi connectivity index (χ4n) is 8.87. The zero-order chi connectivity index (χ0) is 28.2. The topological polar surface area (TPSA) is 0 Å². The second kappa shape index (κ2) is 12.0. The average Bonchev–Trinajstić information content (AvgIpc) is 3.65. The number of rotatable bonds is 8. The average molecular weight is 711 g/mol. The molecule has 5 aliphatic rings. The van der Waals surface area contributed by atoms with Crippen molar-refractivity contribution in [2.75, 3.05) is 0 Å². The van der Waals surface area contributed by atoms with Crippen molar-refractivity contribution in [3.63, 3.8) is 0 Å². The third-order valence-electron chi connectivity index (χ3n) is 11.8. The van der Waals surface area contributed by atoms with Crippen molar-refractivity contribution in [3.05, 3.63) is 83.8 Å². The molecule has 0 radical (unpaired) electrons. The molecule has 0 spiro atoms. The van der Waals surface area contributed by atoms with E-state index in [4.69, 9.17) is 0 Å².